The van der Waals surface area contributed by atoms with Crippen molar-refractivity contribution in [1.29, 1.82) is 0 Å². The minimum absolute atomic E-state index is 0.0549. The molecule has 0 spiro atoms. The van der Waals surface area contributed by atoms with Crippen LogP contribution in [0.5, 0.6) is 5.75 Å². The highest BCUT2D eigenvalue weighted by Gasteiger charge is 2.16. The third kappa shape index (κ3) is 2.94. The van der Waals surface area contributed by atoms with E-state index in [1.54, 1.807) is 7.11 Å². The number of ether oxygens (including phenoxy) is 1. The predicted octanol–water partition coefficient (Wildman–Crippen LogP) is 3.27. The fraction of sp³-hybridized carbons (Fsp3) is 0.412. The predicted molar refractivity (Wildman–Crippen MR) is 83.2 cm³/mol. The van der Waals surface area contributed by atoms with E-state index >= 15 is 0 Å². The van der Waals surface area contributed by atoms with Crippen molar-refractivity contribution < 1.29 is 9.84 Å². The topological polar surface area (TPSA) is 41.5 Å². The fourth-order valence-corrected chi connectivity index (χ4v) is 2.48. The van der Waals surface area contributed by atoms with Gasteiger partial charge in [-0.25, -0.2) is 0 Å². The zero-order valence-electron chi connectivity index (χ0n) is 12.4. The van der Waals surface area contributed by atoms with E-state index in [0.29, 0.717) is 6.04 Å². The fourth-order valence-electron chi connectivity index (χ4n) is 2.48. The van der Waals surface area contributed by atoms with Crippen LogP contribution in [-0.2, 0) is 0 Å². The van der Waals surface area contributed by atoms with Crippen molar-refractivity contribution in [2.45, 2.75) is 32.4 Å². The molecule has 0 fully saturated rings. The summed E-state index contributed by atoms with van der Waals surface area (Å²) in [5, 5.41) is 15.4. The SMILES string of the molecule is CCC(C)NC(CO)c1ccc(OC)c2ccccc12. The lowest BCUT2D eigenvalue weighted by atomic mass is 9.97. The normalized spacial score (nSPS) is 14.2. The molecule has 20 heavy (non-hydrogen) atoms. The monoisotopic (exact) mass is 273 g/mol. The minimum Gasteiger partial charge on any atom is -0.496 e. The van der Waals surface area contributed by atoms with Crippen LogP contribution >= 0.6 is 0 Å². The van der Waals surface area contributed by atoms with Crippen LogP contribution in [0.4, 0.5) is 0 Å². The Labute approximate surface area is 120 Å². The van der Waals surface area contributed by atoms with Crippen LogP contribution in [0.15, 0.2) is 36.4 Å². The number of aliphatic hydroxyl groups excluding tert-OH is 1. The van der Waals surface area contributed by atoms with E-state index in [4.69, 9.17) is 4.74 Å². The molecular formula is C17H23NO2. The van der Waals surface area contributed by atoms with Gasteiger partial charge in [0.05, 0.1) is 19.8 Å². The Bertz CT molecular complexity index is 568. The number of hydrogen-bond donors (Lipinski definition) is 2. The summed E-state index contributed by atoms with van der Waals surface area (Å²) in [6.45, 7) is 4.35. The van der Waals surface area contributed by atoms with Crippen molar-refractivity contribution in [3.05, 3.63) is 42.0 Å². The van der Waals surface area contributed by atoms with Gasteiger partial charge in [-0.1, -0.05) is 37.3 Å². The zero-order valence-corrected chi connectivity index (χ0v) is 12.4. The molecule has 2 aromatic carbocycles. The van der Waals surface area contributed by atoms with Crippen LogP contribution in [0, 0.1) is 0 Å². The van der Waals surface area contributed by atoms with E-state index in [2.05, 4.69) is 31.3 Å². The molecule has 0 aliphatic rings. The van der Waals surface area contributed by atoms with Gasteiger partial charge >= 0.3 is 0 Å². The van der Waals surface area contributed by atoms with Crippen LogP contribution in [0.2, 0.25) is 0 Å². The molecule has 2 N–H and O–H groups in total. The molecule has 0 radical (unpaired) electrons. The van der Waals surface area contributed by atoms with Gasteiger partial charge in [0.2, 0.25) is 0 Å². The van der Waals surface area contributed by atoms with Gasteiger partial charge in [-0.15, -0.1) is 0 Å². The van der Waals surface area contributed by atoms with Crippen molar-refractivity contribution in [3.63, 3.8) is 0 Å². The van der Waals surface area contributed by atoms with Crippen LogP contribution in [0.25, 0.3) is 10.8 Å². The number of nitrogens with one attached hydrogen (secondary N) is 1. The summed E-state index contributed by atoms with van der Waals surface area (Å²) in [6, 6.07) is 12.5. The number of fused-ring (bicyclic) bond motifs is 1. The minimum atomic E-state index is -0.0549. The molecule has 2 aromatic rings. The molecule has 0 amide bonds. The molecule has 0 bridgehead atoms. The average Bonchev–Trinajstić information content (AvgIpc) is 2.51. The molecule has 0 saturated carbocycles. The summed E-state index contributed by atoms with van der Waals surface area (Å²) in [4.78, 5) is 0. The van der Waals surface area contributed by atoms with Gasteiger partial charge in [-0.2, -0.15) is 0 Å². The first-order chi connectivity index (χ1) is 9.71. The molecule has 2 atom stereocenters. The summed E-state index contributed by atoms with van der Waals surface area (Å²) >= 11 is 0. The summed E-state index contributed by atoms with van der Waals surface area (Å²) < 4.78 is 5.42. The molecule has 0 heterocycles. The van der Waals surface area contributed by atoms with Crippen LogP contribution in [0.3, 0.4) is 0 Å². The highest BCUT2D eigenvalue weighted by molar-refractivity contribution is 5.91. The molecule has 3 heteroatoms. The summed E-state index contributed by atoms with van der Waals surface area (Å²) in [6.07, 6.45) is 1.03. The number of benzene rings is 2. The maximum absolute atomic E-state index is 9.72. The van der Waals surface area contributed by atoms with Gasteiger partial charge in [-0.3, -0.25) is 0 Å². The van der Waals surface area contributed by atoms with E-state index in [9.17, 15) is 5.11 Å². The van der Waals surface area contributed by atoms with Crippen molar-refractivity contribution >= 4 is 10.8 Å². The lowest BCUT2D eigenvalue weighted by Crippen LogP contribution is -2.32. The smallest absolute Gasteiger partial charge is 0.126 e. The third-order valence-electron chi connectivity index (χ3n) is 3.79. The molecule has 0 aliphatic carbocycles. The molecule has 108 valence electrons. The van der Waals surface area contributed by atoms with E-state index in [1.165, 1.54) is 0 Å². The summed E-state index contributed by atoms with van der Waals surface area (Å²) in [7, 11) is 1.68. The maximum atomic E-state index is 9.72. The highest BCUT2D eigenvalue weighted by Crippen LogP contribution is 2.31. The summed E-state index contributed by atoms with van der Waals surface area (Å²) in [5.74, 6) is 0.865. The van der Waals surface area contributed by atoms with Crippen LogP contribution in [-0.4, -0.2) is 24.9 Å². The third-order valence-corrected chi connectivity index (χ3v) is 3.79. The average molecular weight is 273 g/mol. The second kappa shape index (κ2) is 6.73. The van der Waals surface area contributed by atoms with Gasteiger partial charge in [0.15, 0.2) is 0 Å². The number of hydrogen-bond acceptors (Lipinski definition) is 3. The van der Waals surface area contributed by atoms with Crippen molar-refractivity contribution in [2.24, 2.45) is 0 Å². The molecule has 3 nitrogen and oxygen atoms in total. The highest BCUT2D eigenvalue weighted by atomic mass is 16.5. The van der Waals surface area contributed by atoms with Crippen LogP contribution in [0.1, 0.15) is 31.9 Å². The lowest BCUT2D eigenvalue weighted by molar-refractivity contribution is 0.235. The molecule has 0 saturated heterocycles. The van der Waals surface area contributed by atoms with E-state index in [1.807, 2.05) is 24.3 Å². The Hall–Kier alpha value is -1.58. The Morgan fingerprint density at radius 1 is 1.15 bits per heavy atom. The van der Waals surface area contributed by atoms with Crippen molar-refractivity contribution in [2.75, 3.05) is 13.7 Å². The second-order valence-electron chi connectivity index (χ2n) is 5.11. The standard InChI is InChI=1S/C17H23NO2/c1-4-12(2)18-16(11-19)14-9-10-17(20-3)15-8-6-5-7-13(14)15/h5-10,12,16,18-19H,4,11H2,1-3H3. The van der Waals surface area contributed by atoms with Crippen LogP contribution < -0.4 is 10.1 Å². The Kier molecular flexibility index (Phi) is 4.99. The van der Waals surface area contributed by atoms with E-state index in [0.717, 1.165) is 28.5 Å². The quantitative estimate of drug-likeness (QED) is 0.848. The van der Waals surface area contributed by atoms with Gasteiger partial charge in [-0.05, 0) is 30.4 Å². The first kappa shape index (κ1) is 14.8. The van der Waals surface area contributed by atoms with Gasteiger partial charge in [0, 0.05) is 11.4 Å². The Morgan fingerprint density at radius 2 is 1.85 bits per heavy atom. The first-order valence-corrected chi connectivity index (χ1v) is 7.13. The lowest BCUT2D eigenvalue weighted by Gasteiger charge is -2.23. The van der Waals surface area contributed by atoms with Crippen molar-refractivity contribution in [3.8, 4) is 5.75 Å². The molecule has 2 unspecified atom stereocenters. The maximum Gasteiger partial charge on any atom is 0.126 e. The Balaban J connectivity index is 2.48. The summed E-state index contributed by atoms with van der Waals surface area (Å²) in [5.41, 5.74) is 1.12. The molecular weight excluding hydrogens is 250 g/mol. The van der Waals surface area contributed by atoms with Gasteiger partial charge < -0.3 is 15.2 Å². The largest absolute Gasteiger partial charge is 0.496 e. The van der Waals surface area contributed by atoms with Crippen molar-refractivity contribution in [1.82, 2.24) is 5.32 Å². The van der Waals surface area contributed by atoms with E-state index in [-0.39, 0.29) is 12.6 Å². The van der Waals surface area contributed by atoms with E-state index < -0.39 is 0 Å². The molecule has 0 aliphatic heterocycles. The van der Waals surface area contributed by atoms with Gasteiger partial charge in [0.1, 0.15) is 5.75 Å². The number of methoxy groups -OCH3 is 1. The number of aliphatic hydroxyl groups is 1. The molecule has 0 aromatic heterocycles. The van der Waals surface area contributed by atoms with Gasteiger partial charge in [0.25, 0.3) is 0 Å². The Morgan fingerprint density at radius 3 is 2.45 bits per heavy atom. The number of rotatable bonds is 6. The second-order valence-corrected chi connectivity index (χ2v) is 5.11. The zero-order chi connectivity index (χ0) is 14.5. The first-order valence-electron chi connectivity index (χ1n) is 7.13. The molecule has 2 rings (SSSR count).